The molecule has 2 aliphatic rings. The van der Waals surface area contributed by atoms with Crippen LogP contribution >= 0.6 is 0 Å². The summed E-state index contributed by atoms with van der Waals surface area (Å²) in [4.78, 5) is 0. The lowest BCUT2D eigenvalue weighted by molar-refractivity contribution is 0.301. The van der Waals surface area contributed by atoms with Gasteiger partial charge in [0.25, 0.3) is 0 Å². The summed E-state index contributed by atoms with van der Waals surface area (Å²) in [5, 5.41) is 10.3. The number of fused-ring (bicyclic) bond motifs is 10. The van der Waals surface area contributed by atoms with Crippen molar-refractivity contribution in [2.24, 2.45) is 5.41 Å². The summed E-state index contributed by atoms with van der Waals surface area (Å²) in [7, 11) is 0. The van der Waals surface area contributed by atoms with E-state index in [9.17, 15) is 0 Å². The molecule has 0 spiro atoms. The van der Waals surface area contributed by atoms with Crippen LogP contribution in [-0.2, 0) is 0 Å². The van der Waals surface area contributed by atoms with Crippen LogP contribution in [-0.4, -0.2) is 0 Å². The lowest BCUT2D eigenvalue weighted by Gasteiger charge is -2.42. The molecule has 6 aromatic carbocycles. The molecule has 2 heteroatoms. The monoisotopic (exact) mass is 604 g/mol. The number of furan rings is 2. The highest BCUT2D eigenvalue weighted by Gasteiger charge is 2.49. The van der Waals surface area contributed by atoms with Crippen LogP contribution in [0.3, 0.4) is 0 Å². The summed E-state index contributed by atoms with van der Waals surface area (Å²) >= 11 is 0. The second kappa shape index (κ2) is 9.70. The van der Waals surface area contributed by atoms with Crippen molar-refractivity contribution in [1.82, 2.24) is 0 Å². The fourth-order valence-electron chi connectivity index (χ4n) is 8.99. The first-order chi connectivity index (χ1) is 23.1. The zero-order valence-corrected chi connectivity index (χ0v) is 26.3. The van der Waals surface area contributed by atoms with E-state index in [0.29, 0.717) is 0 Å². The maximum atomic E-state index is 6.23. The van der Waals surface area contributed by atoms with E-state index in [2.05, 4.69) is 135 Å². The maximum absolute atomic E-state index is 6.23. The summed E-state index contributed by atoms with van der Waals surface area (Å²) in [5.74, 6) is 1.94. The number of allylic oxidation sites excluding steroid dienone is 2. The first-order valence-electron chi connectivity index (χ1n) is 16.5. The van der Waals surface area contributed by atoms with Crippen molar-refractivity contribution < 1.29 is 8.83 Å². The van der Waals surface area contributed by atoms with Crippen molar-refractivity contribution in [1.29, 1.82) is 0 Å². The zero-order valence-electron chi connectivity index (χ0n) is 26.3. The van der Waals surface area contributed by atoms with E-state index in [1.165, 1.54) is 76.5 Å². The van der Waals surface area contributed by atoms with E-state index in [4.69, 9.17) is 8.83 Å². The van der Waals surface area contributed by atoms with Gasteiger partial charge in [0.2, 0.25) is 0 Å². The van der Waals surface area contributed by atoms with Crippen molar-refractivity contribution in [2.45, 2.75) is 25.7 Å². The molecule has 2 aromatic heterocycles. The van der Waals surface area contributed by atoms with Crippen LogP contribution in [0, 0.1) is 5.41 Å². The van der Waals surface area contributed by atoms with Crippen LogP contribution in [0.4, 0.5) is 0 Å². The summed E-state index contributed by atoms with van der Waals surface area (Å²) in [6, 6.07) is 44.1. The Bertz CT molecular complexity index is 2410. The number of benzene rings is 6. The van der Waals surface area contributed by atoms with E-state index in [0.717, 1.165) is 11.5 Å². The SMILES string of the molecule is CC(C)(C1C(c2ccco2)=Cc2ccc3ccc4ccccc4c3c21)C1C(c2ccco2)=Cc2ccc3ccc4ccccc4c3c21. The molecule has 2 nitrogen and oxygen atoms in total. The first-order valence-corrected chi connectivity index (χ1v) is 16.5. The Morgan fingerprint density at radius 2 is 0.872 bits per heavy atom. The Balaban J connectivity index is 1.30. The van der Waals surface area contributed by atoms with Gasteiger partial charge in [-0.25, -0.2) is 0 Å². The third-order valence-corrected chi connectivity index (χ3v) is 10.9. The standard InChI is InChI=1S/C45H32O2/c1-45(2,43-35(37-13-7-23-46-37)25-31-21-19-29-17-15-27-9-3-5-11-33(27)39(29)41(31)43)44-36(38-14-8-24-47-38)26-32-22-20-30-18-16-28-10-4-6-12-34(28)40(30)42(32)44/h3-26,43-44H,1-2H3. The second-order valence-corrected chi connectivity index (χ2v) is 13.7. The van der Waals surface area contributed by atoms with Crippen molar-refractivity contribution in [3.05, 3.63) is 168 Å². The van der Waals surface area contributed by atoms with Gasteiger partial charge in [-0.05, 0) is 107 Å². The summed E-state index contributed by atoms with van der Waals surface area (Å²) in [5.41, 5.74) is 7.44. The van der Waals surface area contributed by atoms with Crippen LogP contribution in [0.5, 0.6) is 0 Å². The molecule has 0 amide bonds. The van der Waals surface area contributed by atoms with Gasteiger partial charge in [0.1, 0.15) is 11.5 Å². The van der Waals surface area contributed by atoms with Gasteiger partial charge in [0, 0.05) is 23.0 Å². The molecule has 0 fully saturated rings. The predicted molar refractivity (Wildman–Crippen MR) is 195 cm³/mol. The normalized spacial score (nSPS) is 17.4. The van der Waals surface area contributed by atoms with Crippen molar-refractivity contribution in [3.63, 3.8) is 0 Å². The third-order valence-electron chi connectivity index (χ3n) is 10.9. The van der Waals surface area contributed by atoms with Crippen molar-refractivity contribution >= 4 is 66.4 Å². The number of hydrogen-bond donors (Lipinski definition) is 0. The quantitative estimate of drug-likeness (QED) is 0.187. The van der Waals surface area contributed by atoms with Gasteiger partial charge >= 0.3 is 0 Å². The lowest BCUT2D eigenvalue weighted by atomic mass is 9.60. The smallest absolute Gasteiger partial charge is 0.130 e. The van der Waals surface area contributed by atoms with Gasteiger partial charge < -0.3 is 8.83 Å². The molecule has 2 atom stereocenters. The molecule has 10 rings (SSSR count). The van der Waals surface area contributed by atoms with Gasteiger partial charge in [-0.15, -0.1) is 0 Å². The van der Waals surface area contributed by atoms with Crippen LogP contribution in [0.1, 0.15) is 59.5 Å². The molecule has 0 N–H and O–H groups in total. The first kappa shape index (κ1) is 26.6. The second-order valence-electron chi connectivity index (χ2n) is 13.7. The topological polar surface area (TPSA) is 26.3 Å². The van der Waals surface area contributed by atoms with E-state index >= 15 is 0 Å². The maximum Gasteiger partial charge on any atom is 0.130 e. The summed E-state index contributed by atoms with van der Waals surface area (Å²) in [6.45, 7) is 4.93. The van der Waals surface area contributed by atoms with E-state index in [-0.39, 0.29) is 17.3 Å². The summed E-state index contributed by atoms with van der Waals surface area (Å²) < 4.78 is 12.5. The summed E-state index contributed by atoms with van der Waals surface area (Å²) in [6.07, 6.45) is 8.36. The lowest BCUT2D eigenvalue weighted by Crippen LogP contribution is -2.30. The highest BCUT2D eigenvalue weighted by molar-refractivity contribution is 6.15. The Morgan fingerprint density at radius 3 is 1.32 bits per heavy atom. The van der Waals surface area contributed by atoms with Crippen molar-refractivity contribution in [2.75, 3.05) is 0 Å². The van der Waals surface area contributed by atoms with Gasteiger partial charge in [-0.3, -0.25) is 0 Å². The fraction of sp³-hybridized carbons (Fsp3) is 0.111. The molecule has 2 heterocycles. The number of hydrogen-bond acceptors (Lipinski definition) is 2. The average molecular weight is 605 g/mol. The fourth-order valence-corrected chi connectivity index (χ4v) is 8.99. The Kier molecular flexibility index (Phi) is 5.49. The molecular weight excluding hydrogens is 572 g/mol. The molecule has 0 radical (unpaired) electrons. The van der Waals surface area contributed by atoms with Gasteiger partial charge in [0.05, 0.1) is 12.5 Å². The van der Waals surface area contributed by atoms with Gasteiger partial charge in [-0.2, -0.15) is 0 Å². The van der Waals surface area contributed by atoms with E-state index in [1.807, 2.05) is 12.1 Å². The Labute approximate surface area is 273 Å². The van der Waals surface area contributed by atoms with Crippen LogP contribution < -0.4 is 0 Å². The van der Waals surface area contributed by atoms with Gasteiger partial charge in [-0.1, -0.05) is 111 Å². The number of rotatable bonds is 4. The van der Waals surface area contributed by atoms with Crippen LogP contribution in [0.25, 0.3) is 66.4 Å². The zero-order chi connectivity index (χ0) is 31.3. The van der Waals surface area contributed by atoms with Crippen LogP contribution in [0.2, 0.25) is 0 Å². The predicted octanol–water partition coefficient (Wildman–Crippen LogP) is 12.5. The molecule has 0 saturated heterocycles. The minimum Gasteiger partial charge on any atom is -0.465 e. The molecule has 0 saturated carbocycles. The van der Waals surface area contributed by atoms with Crippen LogP contribution in [0.15, 0.2) is 143 Å². The highest BCUT2D eigenvalue weighted by Crippen LogP contribution is 2.64. The largest absolute Gasteiger partial charge is 0.465 e. The molecular formula is C45H32O2. The molecule has 0 aliphatic heterocycles. The highest BCUT2D eigenvalue weighted by atomic mass is 16.3. The molecule has 47 heavy (non-hydrogen) atoms. The molecule has 0 bridgehead atoms. The molecule has 224 valence electrons. The Hall–Kier alpha value is -5.60. The van der Waals surface area contributed by atoms with E-state index < -0.39 is 0 Å². The van der Waals surface area contributed by atoms with E-state index in [1.54, 1.807) is 12.5 Å². The molecule has 2 aliphatic carbocycles. The molecule has 2 unspecified atom stereocenters. The van der Waals surface area contributed by atoms with Crippen molar-refractivity contribution in [3.8, 4) is 0 Å². The third kappa shape index (κ3) is 3.73. The minimum atomic E-state index is -0.315. The minimum absolute atomic E-state index is 0.0395. The Morgan fingerprint density at radius 1 is 0.447 bits per heavy atom. The average Bonchev–Trinajstić information content (AvgIpc) is 3.93. The molecule has 8 aromatic rings. The van der Waals surface area contributed by atoms with Gasteiger partial charge in [0.15, 0.2) is 0 Å².